The molecule has 1 aliphatic heterocycles. The van der Waals surface area contributed by atoms with Crippen molar-refractivity contribution in [1.29, 1.82) is 0 Å². The van der Waals surface area contributed by atoms with Gasteiger partial charge in [-0.25, -0.2) is 9.38 Å². The molecule has 3 amide bonds. The number of fused-ring (bicyclic) bond motifs is 1. The number of aliphatic imine (C=N–C) groups is 1. The molecule has 224 valence electrons. The zero-order chi connectivity index (χ0) is 30.7. The number of ether oxygens (including phenoxy) is 1. The number of primary amides is 1. The van der Waals surface area contributed by atoms with Crippen molar-refractivity contribution in [3.8, 4) is 5.75 Å². The van der Waals surface area contributed by atoms with E-state index in [0.29, 0.717) is 11.3 Å². The first-order valence-corrected chi connectivity index (χ1v) is 13.7. The fourth-order valence-electron chi connectivity index (χ4n) is 5.00. The molecule has 1 aliphatic carbocycles. The maximum atomic E-state index is 14.3. The van der Waals surface area contributed by atoms with Gasteiger partial charge in [-0.3, -0.25) is 14.4 Å². The van der Waals surface area contributed by atoms with E-state index in [0.717, 1.165) is 12.8 Å². The molecular weight excluding hydrogens is 568 g/mol. The fraction of sp³-hybridized carbons (Fsp3) is 0.290. The van der Waals surface area contributed by atoms with Crippen molar-refractivity contribution < 1.29 is 36.7 Å². The molecule has 2 aliphatic rings. The zero-order valence-corrected chi connectivity index (χ0v) is 22.7. The predicted octanol–water partition coefficient (Wildman–Crippen LogP) is 4.83. The second kappa shape index (κ2) is 12.2. The number of halogens is 4. The van der Waals surface area contributed by atoms with E-state index in [4.69, 9.17) is 10.5 Å². The van der Waals surface area contributed by atoms with Crippen LogP contribution in [0.4, 0.5) is 23.2 Å². The molecular formula is C31H28F4N4O4. The Morgan fingerprint density at radius 3 is 2.42 bits per heavy atom. The molecule has 0 bridgehead atoms. The molecule has 4 N–H and O–H groups in total. The summed E-state index contributed by atoms with van der Waals surface area (Å²) in [6, 6.07) is 18.2. The van der Waals surface area contributed by atoms with E-state index in [1.165, 1.54) is 30.3 Å². The smallest absolute Gasteiger partial charge is 0.389 e. The molecule has 1 heterocycles. The third-order valence-electron chi connectivity index (χ3n) is 7.17. The number of nitrogens with one attached hydrogen (secondary N) is 2. The Morgan fingerprint density at radius 1 is 1.05 bits per heavy atom. The van der Waals surface area contributed by atoms with Crippen LogP contribution in [0.2, 0.25) is 0 Å². The molecule has 5 rings (SSSR count). The summed E-state index contributed by atoms with van der Waals surface area (Å²) in [5.41, 5.74) is 6.93. The van der Waals surface area contributed by atoms with E-state index in [-0.39, 0.29) is 28.6 Å². The number of carbonyl (C=O) groups excluding carboxylic acids is 3. The Hall–Kier alpha value is -4.74. The molecule has 0 radical (unpaired) electrons. The van der Waals surface area contributed by atoms with Crippen molar-refractivity contribution in [1.82, 2.24) is 5.32 Å². The van der Waals surface area contributed by atoms with Crippen molar-refractivity contribution in [2.45, 2.75) is 50.0 Å². The van der Waals surface area contributed by atoms with Crippen LogP contribution in [0.1, 0.15) is 48.3 Å². The predicted molar refractivity (Wildman–Crippen MR) is 150 cm³/mol. The van der Waals surface area contributed by atoms with Gasteiger partial charge >= 0.3 is 6.18 Å². The molecule has 1 unspecified atom stereocenters. The first-order chi connectivity index (χ1) is 20.5. The van der Waals surface area contributed by atoms with Gasteiger partial charge in [-0.05, 0) is 43.0 Å². The quantitative estimate of drug-likeness (QED) is 0.290. The highest BCUT2D eigenvalue weighted by molar-refractivity contribution is 6.20. The lowest BCUT2D eigenvalue weighted by molar-refractivity contribution is -0.144. The molecule has 8 nitrogen and oxygen atoms in total. The number of benzodiazepines with no additional fused rings is 1. The van der Waals surface area contributed by atoms with Gasteiger partial charge in [0.2, 0.25) is 18.0 Å². The van der Waals surface area contributed by atoms with Crippen LogP contribution in [0, 0.1) is 11.7 Å². The normalized spacial score (nSPS) is 17.9. The number of nitrogens with two attached hydrogens (primary N) is 1. The van der Waals surface area contributed by atoms with Crippen molar-refractivity contribution in [2.75, 3.05) is 5.32 Å². The van der Waals surface area contributed by atoms with E-state index >= 15 is 0 Å². The topological polar surface area (TPSA) is 123 Å². The van der Waals surface area contributed by atoms with Crippen LogP contribution in [-0.2, 0) is 14.4 Å². The zero-order valence-electron chi connectivity index (χ0n) is 22.7. The van der Waals surface area contributed by atoms with Crippen LogP contribution >= 0.6 is 0 Å². The number of anilines is 1. The number of carbonyl (C=O) groups is 3. The number of alkyl halides is 3. The number of para-hydroxylation sites is 1. The van der Waals surface area contributed by atoms with Crippen molar-refractivity contribution in [2.24, 2.45) is 16.6 Å². The summed E-state index contributed by atoms with van der Waals surface area (Å²) in [7, 11) is 0. The minimum absolute atomic E-state index is 0.0326. The van der Waals surface area contributed by atoms with Crippen molar-refractivity contribution >= 4 is 29.1 Å². The first-order valence-electron chi connectivity index (χ1n) is 13.7. The molecule has 3 aromatic carbocycles. The van der Waals surface area contributed by atoms with Gasteiger partial charge < -0.3 is 21.1 Å². The minimum atomic E-state index is -4.63. The maximum absolute atomic E-state index is 14.3. The van der Waals surface area contributed by atoms with Crippen LogP contribution in [0.3, 0.4) is 0 Å². The average molecular weight is 597 g/mol. The monoisotopic (exact) mass is 596 g/mol. The highest BCUT2D eigenvalue weighted by atomic mass is 19.4. The van der Waals surface area contributed by atoms with Crippen molar-refractivity contribution in [3.05, 3.63) is 95.3 Å². The summed E-state index contributed by atoms with van der Waals surface area (Å²) in [4.78, 5) is 44.2. The van der Waals surface area contributed by atoms with Gasteiger partial charge in [-0.2, -0.15) is 13.2 Å². The van der Waals surface area contributed by atoms with Gasteiger partial charge in [0.15, 0.2) is 0 Å². The van der Waals surface area contributed by atoms with Gasteiger partial charge in [0.1, 0.15) is 11.6 Å². The van der Waals surface area contributed by atoms with Gasteiger partial charge in [0.05, 0.1) is 29.3 Å². The van der Waals surface area contributed by atoms with Gasteiger partial charge in [0.25, 0.3) is 5.91 Å². The fourth-order valence-corrected chi connectivity index (χ4v) is 5.00. The summed E-state index contributed by atoms with van der Waals surface area (Å²) < 4.78 is 60.2. The van der Waals surface area contributed by atoms with Crippen LogP contribution < -0.4 is 21.1 Å². The summed E-state index contributed by atoms with van der Waals surface area (Å²) in [5, 5.41) is 5.14. The van der Waals surface area contributed by atoms with E-state index in [9.17, 15) is 31.9 Å². The lowest BCUT2D eigenvalue weighted by Gasteiger charge is -2.26. The molecule has 43 heavy (non-hydrogen) atoms. The van der Waals surface area contributed by atoms with E-state index in [1.807, 2.05) is 0 Å². The van der Waals surface area contributed by atoms with Crippen molar-refractivity contribution in [3.63, 3.8) is 0 Å². The second-order valence-electron chi connectivity index (χ2n) is 10.4. The second-order valence-corrected chi connectivity index (χ2v) is 10.4. The minimum Gasteiger partial charge on any atom is -0.488 e. The third-order valence-corrected chi connectivity index (χ3v) is 7.17. The molecule has 1 fully saturated rings. The number of nitrogens with zero attached hydrogens (tertiary/aromatic N) is 1. The Morgan fingerprint density at radius 2 is 1.77 bits per heavy atom. The molecule has 0 aromatic heterocycles. The summed E-state index contributed by atoms with van der Waals surface area (Å²) >= 11 is 0. The number of hydrogen-bond donors (Lipinski definition) is 3. The van der Waals surface area contributed by atoms with E-state index in [2.05, 4.69) is 15.6 Å². The molecule has 3 atom stereocenters. The van der Waals surface area contributed by atoms with Gasteiger partial charge in [-0.1, -0.05) is 54.6 Å². The number of rotatable bonds is 10. The van der Waals surface area contributed by atoms with Gasteiger partial charge in [0, 0.05) is 17.5 Å². The molecule has 0 spiro atoms. The lowest BCUT2D eigenvalue weighted by atomic mass is 9.81. The highest BCUT2D eigenvalue weighted by Gasteiger charge is 2.40. The number of amides is 3. The van der Waals surface area contributed by atoms with Gasteiger partial charge in [-0.15, -0.1) is 0 Å². The van der Waals surface area contributed by atoms with E-state index in [1.54, 1.807) is 42.5 Å². The number of hydrogen-bond acceptors (Lipinski definition) is 5. The summed E-state index contributed by atoms with van der Waals surface area (Å²) in [6.45, 7) is 0. The van der Waals surface area contributed by atoms with Crippen LogP contribution in [0.5, 0.6) is 5.75 Å². The third kappa shape index (κ3) is 7.19. The lowest BCUT2D eigenvalue weighted by Crippen LogP contribution is -2.47. The van der Waals surface area contributed by atoms with Crippen LogP contribution in [0.15, 0.2) is 77.8 Å². The molecule has 1 saturated carbocycles. The average Bonchev–Trinajstić information content (AvgIpc) is 3.79. The SMILES string of the molecule is NC(=O)[C@@H](c1ccccc1)[C@@H](CCC(F)(F)F)C(=O)NC1N=C(c2cccc(F)c2)c2cccc(OC3CC3)c2NC1=O. The summed E-state index contributed by atoms with van der Waals surface area (Å²) in [6.07, 6.45) is -6.78. The Labute approximate surface area is 244 Å². The van der Waals surface area contributed by atoms with Crippen LogP contribution in [0.25, 0.3) is 0 Å². The molecule has 12 heteroatoms. The Kier molecular flexibility index (Phi) is 8.47. The van der Waals surface area contributed by atoms with Crippen LogP contribution in [-0.4, -0.2) is 41.9 Å². The standard InChI is InChI=1S/C31H28F4N4O4/c32-19-9-4-8-18(16-19)25-22-10-5-11-23(43-20-12-13-20)26(22)38-30(42)28(37-25)39-29(41)21(14-15-31(33,34)35)24(27(36)40)17-6-2-1-3-7-17/h1-11,16,20-21,24,28H,12-15H2,(H2,36,40)(H,38,42)(H,39,41)/t21-,24+,28?/m1/s1. The Bertz CT molecular complexity index is 1560. The first kappa shape index (κ1) is 29.7. The Balaban J connectivity index is 1.53. The highest BCUT2D eigenvalue weighted by Crippen LogP contribution is 2.37. The largest absolute Gasteiger partial charge is 0.488 e. The summed E-state index contributed by atoms with van der Waals surface area (Å²) in [5.74, 6) is -6.06. The van der Waals surface area contributed by atoms with E-state index < -0.39 is 60.6 Å². The molecule has 3 aromatic rings. The number of benzene rings is 3. The molecule has 0 saturated heterocycles. The maximum Gasteiger partial charge on any atom is 0.389 e.